The van der Waals surface area contributed by atoms with Crippen molar-refractivity contribution in [3.63, 3.8) is 0 Å². The number of sulfonamides is 1. The average molecular weight is 399 g/mol. The molecule has 0 saturated carbocycles. The van der Waals surface area contributed by atoms with Crippen molar-refractivity contribution < 1.29 is 8.42 Å². The highest BCUT2D eigenvalue weighted by Crippen LogP contribution is 2.20. The molecule has 0 fully saturated rings. The van der Waals surface area contributed by atoms with E-state index < -0.39 is 10.0 Å². The van der Waals surface area contributed by atoms with E-state index in [1.165, 1.54) is 0 Å². The number of nitrogens with one attached hydrogen (secondary N) is 2. The van der Waals surface area contributed by atoms with E-state index in [2.05, 4.69) is 35.9 Å². The molecule has 8 heteroatoms. The van der Waals surface area contributed by atoms with Gasteiger partial charge in [-0.3, -0.25) is 0 Å². The standard InChI is InChI=1S/C15H19BrN4O2S/c1-3-13-10-14(17-8-9-18-23(2,21)22)20-15(19-13)11-4-6-12(16)7-5-11/h4-7,10,18H,3,8-9H2,1-2H3,(H,17,19,20). The molecular formula is C15H19BrN4O2S. The third kappa shape index (κ3) is 5.89. The lowest BCUT2D eigenvalue weighted by Crippen LogP contribution is -2.27. The van der Waals surface area contributed by atoms with Crippen LogP contribution >= 0.6 is 15.9 Å². The van der Waals surface area contributed by atoms with Crippen LogP contribution in [0.15, 0.2) is 34.8 Å². The molecule has 2 aromatic rings. The Morgan fingerprint density at radius 3 is 2.43 bits per heavy atom. The molecule has 0 aliphatic heterocycles. The largest absolute Gasteiger partial charge is 0.369 e. The lowest BCUT2D eigenvalue weighted by molar-refractivity contribution is 0.589. The number of rotatable bonds is 7. The summed E-state index contributed by atoms with van der Waals surface area (Å²) in [5, 5.41) is 3.13. The number of anilines is 1. The third-order valence-electron chi connectivity index (χ3n) is 3.04. The van der Waals surface area contributed by atoms with Gasteiger partial charge in [0.25, 0.3) is 0 Å². The van der Waals surface area contributed by atoms with E-state index in [-0.39, 0.29) is 0 Å². The molecule has 6 nitrogen and oxygen atoms in total. The van der Waals surface area contributed by atoms with Crippen molar-refractivity contribution in [1.82, 2.24) is 14.7 Å². The average Bonchev–Trinajstić information content (AvgIpc) is 2.51. The van der Waals surface area contributed by atoms with Crippen molar-refractivity contribution in [2.24, 2.45) is 0 Å². The topological polar surface area (TPSA) is 84.0 Å². The normalized spacial score (nSPS) is 11.4. The number of hydrogen-bond acceptors (Lipinski definition) is 5. The zero-order valence-electron chi connectivity index (χ0n) is 13.0. The van der Waals surface area contributed by atoms with Crippen LogP contribution in [0.1, 0.15) is 12.6 Å². The Balaban J connectivity index is 2.14. The van der Waals surface area contributed by atoms with Gasteiger partial charge in [-0.1, -0.05) is 35.0 Å². The van der Waals surface area contributed by atoms with Gasteiger partial charge in [-0.05, 0) is 18.6 Å². The minimum Gasteiger partial charge on any atom is -0.369 e. The monoisotopic (exact) mass is 398 g/mol. The van der Waals surface area contributed by atoms with E-state index in [9.17, 15) is 8.42 Å². The number of aryl methyl sites for hydroxylation is 1. The Hall–Kier alpha value is -1.51. The van der Waals surface area contributed by atoms with E-state index in [0.29, 0.717) is 24.7 Å². The Labute approximate surface area is 144 Å². The summed E-state index contributed by atoms with van der Waals surface area (Å²) in [6.07, 6.45) is 1.93. The molecule has 0 radical (unpaired) electrons. The van der Waals surface area contributed by atoms with Gasteiger partial charge in [-0.25, -0.2) is 23.1 Å². The quantitative estimate of drug-likeness (QED) is 0.699. The Morgan fingerprint density at radius 2 is 1.83 bits per heavy atom. The first-order chi connectivity index (χ1) is 10.9. The molecule has 0 saturated heterocycles. The zero-order valence-corrected chi connectivity index (χ0v) is 15.4. The number of aromatic nitrogens is 2. The first-order valence-electron chi connectivity index (χ1n) is 7.20. The molecule has 1 aromatic heterocycles. The molecular weight excluding hydrogens is 380 g/mol. The summed E-state index contributed by atoms with van der Waals surface area (Å²) in [6.45, 7) is 2.79. The molecule has 2 N–H and O–H groups in total. The Morgan fingerprint density at radius 1 is 1.13 bits per heavy atom. The highest BCUT2D eigenvalue weighted by atomic mass is 79.9. The van der Waals surface area contributed by atoms with Gasteiger partial charge in [-0.2, -0.15) is 0 Å². The molecule has 124 valence electrons. The highest BCUT2D eigenvalue weighted by molar-refractivity contribution is 9.10. The predicted molar refractivity (Wildman–Crippen MR) is 95.9 cm³/mol. The molecule has 0 spiro atoms. The first-order valence-corrected chi connectivity index (χ1v) is 9.88. The van der Waals surface area contributed by atoms with E-state index in [4.69, 9.17) is 0 Å². The van der Waals surface area contributed by atoms with Gasteiger partial charge in [0, 0.05) is 34.9 Å². The minimum absolute atomic E-state index is 0.303. The fraction of sp³-hybridized carbons (Fsp3) is 0.333. The summed E-state index contributed by atoms with van der Waals surface area (Å²) in [4.78, 5) is 9.04. The van der Waals surface area contributed by atoms with E-state index in [1.807, 2.05) is 37.3 Å². The summed E-state index contributed by atoms with van der Waals surface area (Å²) in [5.41, 5.74) is 1.86. The van der Waals surface area contributed by atoms with Crippen LogP contribution in [0.5, 0.6) is 0 Å². The van der Waals surface area contributed by atoms with E-state index >= 15 is 0 Å². The maximum absolute atomic E-state index is 11.0. The van der Waals surface area contributed by atoms with Crippen LogP contribution in [-0.2, 0) is 16.4 Å². The summed E-state index contributed by atoms with van der Waals surface area (Å²) >= 11 is 3.41. The van der Waals surface area contributed by atoms with Crippen LogP contribution in [0.4, 0.5) is 5.82 Å². The van der Waals surface area contributed by atoms with Gasteiger partial charge >= 0.3 is 0 Å². The van der Waals surface area contributed by atoms with E-state index in [0.717, 1.165) is 28.4 Å². The molecule has 23 heavy (non-hydrogen) atoms. The van der Waals surface area contributed by atoms with Gasteiger partial charge in [0.05, 0.1) is 6.26 Å². The number of nitrogens with zero attached hydrogens (tertiary/aromatic N) is 2. The first kappa shape index (κ1) is 17.8. The van der Waals surface area contributed by atoms with Crippen LogP contribution < -0.4 is 10.0 Å². The molecule has 2 rings (SSSR count). The van der Waals surface area contributed by atoms with Gasteiger partial charge in [0.15, 0.2) is 5.82 Å². The minimum atomic E-state index is -3.17. The van der Waals surface area contributed by atoms with Crippen molar-refractivity contribution in [2.75, 3.05) is 24.7 Å². The number of halogens is 1. The second-order valence-corrected chi connectivity index (χ2v) is 7.77. The maximum atomic E-state index is 11.0. The van der Waals surface area contributed by atoms with Crippen molar-refractivity contribution >= 4 is 31.8 Å². The summed E-state index contributed by atoms with van der Waals surface area (Å²) < 4.78 is 25.5. The van der Waals surface area contributed by atoms with Crippen molar-refractivity contribution in [2.45, 2.75) is 13.3 Å². The fourth-order valence-corrected chi connectivity index (χ4v) is 2.66. The molecule has 1 aromatic carbocycles. The molecule has 0 atom stereocenters. The second-order valence-electron chi connectivity index (χ2n) is 5.02. The number of hydrogen-bond donors (Lipinski definition) is 2. The van der Waals surface area contributed by atoms with Crippen molar-refractivity contribution in [3.05, 3.63) is 40.5 Å². The molecule has 0 unspecified atom stereocenters. The fourth-order valence-electron chi connectivity index (χ4n) is 1.92. The van der Waals surface area contributed by atoms with Crippen molar-refractivity contribution in [3.8, 4) is 11.4 Å². The van der Waals surface area contributed by atoms with Gasteiger partial charge in [0.2, 0.25) is 10.0 Å². The van der Waals surface area contributed by atoms with Gasteiger partial charge in [0.1, 0.15) is 5.82 Å². The van der Waals surface area contributed by atoms with Gasteiger partial charge in [-0.15, -0.1) is 0 Å². The predicted octanol–water partition coefficient (Wildman–Crippen LogP) is 2.43. The van der Waals surface area contributed by atoms with E-state index in [1.54, 1.807) is 0 Å². The number of benzene rings is 1. The molecule has 0 aliphatic rings. The molecule has 0 amide bonds. The van der Waals surface area contributed by atoms with Crippen LogP contribution in [0, 0.1) is 0 Å². The van der Waals surface area contributed by atoms with Gasteiger partial charge < -0.3 is 5.32 Å². The van der Waals surface area contributed by atoms with Crippen LogP contribution in [0.2, 0.25) is 0 Å². The third-order valence-corrected chi connectivity index (χ3v) is 4.30. The van der Waals surface area contributed by atoms with Crippen LogP contribution in [0.25, 0.3) is 11.4 Å². The van der Waals surface area contributed by atoms with Crippen molar-refractivity contribution in [1.29, 1.82) is 0 Å². The Bertz CT molecular complexity index is 764. The zero-order chi connectivity index (χ0) is 16.9. The SMILES string of the molecule is CCc1cc(NCCNS(C)(=O)=O)nc(-c2ccc(Br)cc2)n1. The summed E-state index contributed by atoms with van der Waals surface area (Å²) in [6, 6.07) is 9.67. The summed E-state index contributed by atoms with van der Waals surface area (Å²) in [5.74, 6) is 1.33. The smallest absolute Gasteiger partial charge is 0.208 e. The molecule has 0 aliphatic carbocycles. The summed E-state index contributed by atoms with van der Waals surface area (Å²) in [7, 11) is -3.17. The Kier molecular flexibility index (Phi) is 6.09. The highest BCUT2D eigenvalue weighted by Gasteiger charge is 2.07. The van der Waals surface area contributed by atoms with Crippen LogP contribution in [-0.4, -0.2) is 37.7 Å². The lowest BCUT2D eigenvalue weighted by Gasteiger charge is -2.10. The van der Waals surface area contributed by atoms with Crippen LogP contribution in [0.3, 0.4) is 0 Å². The lowest BCUT2D eigenvalue weighted by atomic mass is 10.2. The molecule has 0 bridgehead atoms. The molecule has 1 heterocycles. The maximum Gasteiger partial charge on any atom is 0.208 e. The second kappa shape index (κ2) is 7.85.